The van der Waals surface area contributed by atoms with Gasteiger partial charge in [-0.3, -0.25) is 9.48 Å². The highest BCUT2D eigenvalue weighted by Crippen LogP contribution is 2.42. The molecule has 1 aromatic heterocycles. The molecule has 4 nitrogen and oxygen atoms in total. The van der Waals surface area contributed by atoms with Crippen molar-refractivity contribution >= 4 is 16.8 Å². The Morgan fingerprint density at radius 3 is 2.62 bits per heavy atom. The summed E-state index contributed by atoms with van der Waals surface area (Å²) in [5.74, 6) is 1.20. The zero-order valence-corrected chi connectivity index (χ0v) is 13.4. The first-order chi connectivity index (χ1) is 11.6. The average molecular weight is 333 g/mol. The van der Waals surface area contributed by atoms with Crippen LogP contribution in [-0.4, -0.2) is 28.2 Å². The Kier molecular flexibility index (Phi) is 3.98. The van der Waals surface area contributed by atoms with Crippen molar-refractivity contribution in [3.63, 3.8) is 0 Å². The third-order valence-corrected chi connectivity index (χ3v) is 5.40. The van der Waals surface area contributed by atoms with Gasteiger partial charge in [0.15, 0.2) is 5.69 Å². The van der Waals surface area contributed by atoms with Crippen LogP contribution in [0.3, 0.4) is 0 Å². The summed E-state index contributed by atoms with van der Waals surface area (Å²) >= 11 is 0. The average Bonchev–Trinajstić information content (AvgIpc) is 3.08. The van der Waals surface area contributed by atoms with Gasteiger partial charge in [-0.1, -0.05) is 31.0 Å². The lowest BCUT2D eigenvalue weighted by molar-refractivity contribution is 0.0909. The summed E-state index contributed by atoms with van der Waals surface area (Å²) in [5, 5.41) is 7.90. The highest BCUT2D eigenvalue weighted by molar-refractivity contribution is 6.04. The molecule has 2 atom stereocenters. The molecule has 0 spiro atoms. The molecule has 2 aliphatic rings. The van der Waals surface area contributed by atoms with Crippen LogP contribution in [0.1, 0.15) is 42.6 Å². The molecule has 1 aromatic carbocycles. The van der Waals surface area contributed by atoms with Crippen molar-refractivity contribution in [1.29, 1.82) is 0 Å². The molecule has 2 bridgehead atoms. The number of alkyl halides is 2. The van der Waals surface area contributed by atoms with Gasteiger partial charge in [0.2, 0.25) is 0 Å². The van der Waals surface area contributed by atoms with E-state index in [1.54, 1.807) is 24.3 Å². The van der Waals surface area contributed by atoms with Gasteiger partial charge in [0.25, 0.3) is 12.3 Å². The Hall–Kier alpha value is -1.98. The van der Waals surface area contributed by atoms with E-state index in [0.717, 1.165) is 24.7 Å². The van der Waals surface area contributed by atoms with Crippen LogP contribution < -0.4 is 5.32 Å². The summed E-state index contributed by atoms with van der Waals surface area (Å²) in [7, 11) is 0. The molecule has 128 valence electrons. The highest BCUT2D eigenvalue weighted by atomic mass is 19.3. The Morgan fingerprint density at radius 1 is 1.21 bits per heavy atom. The number of halogens is 2. The summed E-state index contributed by atoms with van der Waals surface area (Å²) in [6.07, 6.45) is 3.37. The SMILES string of the molecule is O=C(NC1CC2CCC(C2)C1)c1nn(CC(F)F)c2ccccc12. The van der Waals surface area contributed by atoms with E-state index in [1.165, 1.54) is 23.9 Å². The summed E-state index contributed by atoms with van der Waals surface area (Å²) < 4.78 is 26.8. The Labute approximate surface area is 139 Å². The smallest absolute Gasteiger partial charge is 0.272 e. The number of nitrogens with one attached hydrogen (secondary N) is 1. The first-order valence-electron chi connectivity index (χ1n) is 8.64. The Balaban J connectivity index is 1.57. The summed E-state index contributed by atoms with van der Waals surface area (Å²) in [4.78, 5) is 12.7. The fourth-order valence-electron chi connectivity index (χ4n) is 4.44. The van der Waals surface area contributed by atoms with Crippen molar-refractivity contribution in [2.75, 3.05) is 0 Å². The number of hydrogen-bond donors (Lipinski definition) is 1. The topological polar surface area (TPSA) is 46.9 Å². The fourth-order valence-corrected chi connectivity index (χ4v) is 4.44. The lowest BCUT2D eigenvalue weighted by Crippen LogP contribution is -2.39. The monoisotopic (exact) mass is 333 g/mol. The van der Waals surface area contributed by atoms with Crippen molar-refractivity contribution in [1.82, 2.24) is 15.1 Å². The van der Waals surface area contributed by atoms with Gasteiger partial charge in [-0.2, -0.15) is 5.10 Å². The fraction of sp³-hybridized carbons (Fsp3) is 0.556. The second-order valence-corrected chi connectivity index (χ2v) is 7.13. The largest absolute Gasteiger partial charge is 0.348 e. The zero-order valence-electron chi connectivity index (χ0n) is 13.4. The van der Waals surface area contributed by atoms with E-state index in [4.69, 9.17) is 0 Å². The first kappa shape index (κ1) is 15.5. The third kappa shape index (κ3) is 2.89. The molecule has 2 saturated carbocycles. The van der Waals surface area contributed by atoms with Crippen LogP contribution in [0.25, 0.3) is 10.9 Å². The Bertz CT molecular complexity index is 746. The van der Waals surface area contributed by atoms with Crippen molar-refractivity contribution in [3.8, 4) is 0 Å². The van der Waals surface area contributed by atoms with Crippen molar-refractivity contribution in [2.45, 2.75) is 51.1 Å². The first-order valence-corrected chi connectivity index (χ1v) is 8.64. The van der Waals surface area contributed by atoms with Crippen LogP contribution in [-0.2, 0) is 6.54 Å². The van der Waals surface area contributed by atoms with Gasteiger partial charge in [-0.25, -0.2) is 8.78 Å². The molecule has 1 amide bonds. The van der Waals surface area contributed by atoms with Gasteiger partial charge < -0.3 is 5.32 Å². The predicted octanol–water partition coefficient (Wildman–Crippen LogP) is 3.61. The molecular formula is C18H21F2N3O. The van der Waals surface area contributed by atoms with Gasteiger partial charge in [0, 0.05) is 11.4 Å². The molecule has 2 unspecified atom stereocenters. The van der Waals surface area contributed by atoms with Crippen LogP contribution in [0, 0.1) is 11.8 Å². The predicted molar refractivity (Wildman–Crippen MR) is 87.1 cm³/mol. The molecule has 1 heterocycles. The molecule has 4 rings (SSSR count). The van der Waals surface area contributed by atoms with Gasteiger partial charge in [-0.05, 0) is 37.2 Å². The molecule has 0 saturated heterocycles. The van der Waals surface area contributed by atoms with Gasteiger partial charge >= 0.3 is 0 Å². The van der Waals surface area contributed by atoms with E-state index in [1.807, 2.05) is 0 Å². The minimum absolute atomic E-state index is 0.183. The minimum Gasteiger partial charge on any atom is -0.348 e. The minimum atomic E-state index is -2.50. The molecule has 0 radical (unpaired) electrons. The van der Waals surface area contributed by atoms with Crippen LogP contribution in [0.5, 0.6) is 0 Å². The lowest BCUT2D eigenvalue weighted by atomic mass is 9.85. The maximum Gasteiger partial charge on any atom is 0.272 e. The standard InChI is InChI=1S/C18H21F2N3O/c19-16(20)10-23-15-4-2-1-3-14(15)17(22-23)18(24)21-13-8-11-5-6-12(7-11)9-13/h1-4,11-13,16H,5-10H2,(H,21,24). The number of hydrogen-bond acceptors (Lipinski definition) is 2. The van der Waals surface area contributed by atoms with Crippen LogP contribution in [0.15, 0.2) is 24.3 Å². The number of aromatic nitrogens is 2. The molecule has 2 fully saturated rings. The molecule has 1 N–H and O–H groups in total. The van der Waals surface area contributed by atoms with Gasteiger partial charge in [0.1, 0.15) is 6.54 Å². The number of carbonyl (C=O) groups excluding carboxylic acids is 1. The number of fused-ring (bicyclic) bond motifs is 3. The maximum absolute atomic E-state index is 12.8. The van der Waals surface area contributed by atoms with Crippen LogP contribution >= 0.6 is 0 Å². The highest BCUT2D eigenvalue weighted by Gasteiger charge is 2.35. The number of rotatable bonds is 4. The van der Waals surface area contributed by atoms with Crippen molar-refractivity contribution in [2.24, 2.45) is 11.8 Å². The normalized spacial score (nSPS) is 26.2. The summed E-state index contributed by atoms with van der Waals surface area (Å²) in [5.41, 5.74) is 0.829. The number of benzene rings is 1. The molecule has 2 aromatic rings. The number of para-hydroxylation sites is 1. The zero-order chi connectivity index (χ0) is 16.7. The number of amides is 1. The molecule has 6 heteroatoms. The maximum atomic E-state index is 12.8. The van der Waals surface area contributed by atoms with E-state index in [0.29, 0.717) is 10.9 Å². The summed E-state index contributed by atoms with van der Waals surface area (Å²) in [6, 6.07) is 7.25. The molecular weight excluding hydrogens is 312 g/mol. The van der Waals surface area contributed by atoms with E-state index in [2.05, 4.69) is 10.4 Å². The third-order valence-electron chi connectivity index (χ3n) is 5.40. The molecule has 24 heavy (non-hydrogen) atoms. The Morgan fingerprint density at radius 2 is 1.92 bits per heavy atom. The van der Waals surface area contributed by atoms with Gasteiger partial charge in [0.05, 0.1) is 5.52 Å². The van der Waals surface area contributed by atoms with Crippen LogP contribution in [0.4, 0.5) is 8.78 Å². The van der Waals surface area contributed by atoms with E-state index < -0.39 is 13.0 Å². The van der Waals surface area contributed by atoms with E-state index in [-0.39, 0.29) is 17.6 Å². The van der Waals surface area contributed by atoms with Crippen molar-refractivity contribution in [3.05, 3.63) is 30.0 Å². The number of carbonyl (C=O) groups is 1. The number of nitrogens with zero attached hydrogens (tertiary/aromatic N) is 2. The van der Waals surface area contributed by atoms with Gasteiger partial charge in [-0.15, -0.1) is 0 Å². The van der Waals surface area contributed by atoms with Crippen LogP contribution in [0.2, 0.25) is 0 Å². The summed E-state index contributed by atoms with van der Waals surface area (Å²) in [6.45, 7) is -0.499. The lowest BCUT2D eigenvalue weighted by Gasteiger charge is -2.28. The quantitative estimate of drug-likeness (QED) is 0.929. The molecule has 0 aliphatic heterocycles. The van der Waals surface area contributed by atoms with Crippen molar-refractivity contribution < 1.29 is 13.6 Å². The molecule has 2 aliphatic carbocycles. The second-order valence-electron chi connectivity index (χ2n) is 7.13. The van der Waals surface area contributed by atoms with E-state index >= 15 is 0 Å². The second kappa shape index (κ2) is 6.15. The van der Waals surface area contributed by atoms with E-state index in [9.17, 15) is 13.6 Å².